The van der Waals surface area contributed by atoms with E-state index in [1.165, 1.54) is 23.9 Å². The van der Waals surface area contributed by atoms with E-state index < -0.39 is 4.92 Å². The fraction of sp³-hybridized carbons (Fsp3) is 0.300. The van der Waals surface area contributed by atoms with Gasteiger partial charge in [0.1, 0.15) is 0 Å². The number of nitro benzene ring substituents is 1. The minimum absolute atomic E-state index is 0.0231. The molecule has 0 heterocycles. The largest absolute Gasteiger partial charge is 0.325 e. The zero-order valence-corrected chi connectivity index (χ0v) is 9.84. The van der Waals surface area contributed by atoms with Crippen molar-refractivity contribution < 1.29 is 9.72 Å². The van der Waals surface area contributed by atoms with Crippen LogP contribution in [0, 0.1) is 17.0 Å². The van der Waals surface area contributed by atoms with E-state index in [-0.39, 0.29) is 11.6 Å². The normalized spacial score (nSPS) is 9.88. The van der Waals surface area contributed by atoms with Crippen LogP contribution < -0.4 is 5.32 Å². The highest BCUT2D eigenvalue weighted by molar-refractivity contribution is 7.99. The van der Waals surface area contributed by atoms with Crippen molar-refractivity contribution in [2.24, 2.45) is 0 Å². The summed E-state index contributed by atoms with van der Waals surface area (Å²) in [5.74, 6) is 0.179. The van der Waals surface area contributed by atoms with Crippen molar-refractivity contribution in [3.8, 4) is 0 Å². The Kier molecular flexibility index (Phi) is 4.30. The number of non-ortho nitro benzene ring substituents is 1. The highest BCUT2D eigenvalue weighted by atomic mass is 32.2. The number of benzene rings is 1. The number of nitrogens with one attached hydrogen (secondary N) is 1. The van der Waals surface area contributed by atoms with Crippen LogP contribution in [0.15, 0.2) is 18.2 Å². The van der Waals surface area contributed by atoms with E-state index in [1.807, 2.05) is 6.26 Å². The number of carbonyl (C=O) groups is 1. The van der Waals surface area contributed by atoms with Crippen LogP contribution >= 0.6 is 11.8 Å². The zero-order valence-electron chi connectivity index (χ0n) is 9.02. The predicted octanol–water partition coefficient (Wildman–Crippen LogP) is 2.20. The number of hydrogen-bond acceptors (Lipinski definition) is 4. The number of anilines is 1. The van der Waals surface area contributed by atoms with Gasteiger partial charge in [0.2, 0.25) is 5.91 Å². The number of rotatable bonds is 4. The molecular weight excluding hydrogens is 228 g/mol. The first-order chi connectivity index (χ1) is 7.54. The van der Waals surface area contributed by atoms with Gasteiger partial charge < -0.3 is 5.32 Å². The van der Waals surface area contributed by atoms with Crippen molar-refractivity contribution in [1.29, 1.82) is 0 Å². The van der Waals surface area contributed by atoms with Crippen molar-refractivity contribution >= 4 is 29.0 Å². The van der Waals surface area contributed by atoms with Crippen molar-refractivity contribution in [3.05, 3.63) is 33.9 Å². The molecule has 0 aliphatic heterocycles. The monoisotopic (exact) mass is 240 g/mol. The topological polar surface area (TPSA) is 72.2 Å². The fourth-order valence-corrected chi connectivity index (χ4v) is 1.51. The molecule has 0 saturated carbocycles. The molecule has 0 aliphatic carbocycles. The first-order valence-electron chi connectivity index (χ1n) is 4.58. The molecule has 0 spiro atoms. The molecule has 1 amide bonds. The Hall–Kier alpha value is -1.56. The molecule has 16 heavy (non-hydrogen) atoms. The van der Waals surface area contributed by atoms with Gasteiger partial charge in [0.05, 0.1) is 16.4 Å². The zero-order chi connectivity index (χ0) is 12.1. The lowest BCUT2D eigenvalue weighted by Crippen LogP contribution is -2.14. The fourth-order valence-electron chi connectivity index (χ4n) is 1.18. The second-order valence-corrected chi connectivity index (χ2v) is 4.10. The van der Waals surface area contributed by atoms with Crippen molar-refractivity contribution in [2.75, 3.05) is 17.3 Å². The van der Waals surface area contributed by atoms with Crippen molar-refractivity contribution in [3.63, 3.8) is 0 Å². The SMILES string of the molecule is CSCC(=O)Nc1cc([N+](=O)[O-])ccc1C. The van der Waals surface area contributed by atoms with Gasteiger partial charge in [0.25, 0.3) is 5.69 Å². The Bertz CT molecular complexity index is 421. The average molecular weight is 240 g/mol. The lowest BCUT2D eigenvalue weighted by atomic mass is 10.2. The number of thioether (sulfide) groups is 1. The maximum absolute atomic E-state index is 11.3. The van der Waals surface area contributed by atoms with E-state index in [0.29, 0.717) is 11.4 Å². The summed E-state index contributed by atoms with van der Waals surface area (Å²) in [5.41, 5.74) is 1.28. The smallest absolute Gasteiger partial charge is 0.271 e. The lowest BCUT2D eigenvalue weighted by molar-refractivity contribution is -0.384. The van der Waals surface area contributed by atoms with E-state index in [4.69, 9.17) is 0 Å². The highest BCUT2D eigenvalue weighted by Crippen LogP contribution is 2.21. The van der Waals surface area contributed by atoms with E-state index in [0.717, 1.165) is 5.56 Å². The molecule has 0 fully saturated rings. The Morgan fingerprint density at radius 1 is 1.56 bits per heavy atom. The molecular formula is C10H12N2O3S. The van der Waals surface area contributed by atoms with Gasteiger partial charge in [-0.1, -0.05) is 6.07 Å². The third-order valence-electron chi connectivity index (χ3n) is 1.98. The molecule has 0 bridgehead atoms. The van der Waals surface area contributed by atoms with Crippen LogP contribution in [-0.4, -0.2) is 22.8 Å². The van der Waals surface area contributed by atoms with E-state index >= 15 is 0 Å². The predicted molar refractivity (Wildman–Crippen MR) is 64.8 cm³/mol. The molecule has 0 atom stereocenters. The highest BCUT2D eigenvalue weighted by Gasteiger charge is 2.10. The van der Waals surface area contributed by atoms with Crippen LogP contribution in [0.4, 0.5) is 11.4 Å². The number of carbonyl (C=O) groups excluding carboxylic acids is 1. The molecule has 1 aromatic rings. The van der Waals surface area contributed by atoms with Crippen molar-refractivity contribution in [1.82, 2.24) is 0 Å². The van der Waals surface area contributed by atoms with Crippen LogP contribution in [0.25, 0.3) is 0 Å². The van der Waals surface area contributed by atoms with E-state index in [1.54, 1.807) is 13.0 Å². The minimum atomic E-state index is -0.482. The maximum atomic E-state index is 11.3. The summed E-state index contributed by atoms with van der Waals surface area (Å²) in [5, 5.41) is 13.2. The van der Waals surface area contributed by atoms with Gasteiger partial charge in [-0.05, 0) is 18.7 Å². The first kappa shape index (κ1) is 12.5. The molecule has 0 radical (unpaired) electrons. The van der Waals surface area contributed by atoms with Crippen LogP contribution in [0.2, 0.25) is 0 Å². The molecule has 1 aromatic carbocycles. The molecule has 86 valence electrons. The van der Waals surface area contributed by atoms with Gasteiger partial charge in [-0.25, -0.2) is 0 Å². The molecule has 6 heteroatoms. The summed E-state index contributed by atoms with van der Waals surface area (Å²) >= 11 is 1.40. The molecule has 0 aromatic heterocycles. The molecule has 0 saturated heterocycles. The second-order valence-electron chi connectivity index (χ2n) is 3.24. The minimum Gasteiger partial charge on any atom is -0.325 e. The Balaban J connectivity index is 2.90. The van der Waals surface area contributed by atoms with Crippen LogP contribution in [0.5, 0.6) is 0 Å². The molecule has 1 N–H and O–H groups in total. The number of aryl methyl sites for hydroxylation is 1. The van der Waals surface area contributed by atoms with Gasteiger partial charge in [-0.3, -0.25) is 14.9 Å². The summed E-state index contributed by atoms with van der Waals surface area (Å²) in [7, 11) is 0. The summed E-state index contributed by atoms with van der Waals surface area (Å²) in [4.78, 5) is 21.4. The van der Waals surface area contributed by atoms with Crippen LogP contribution in [0.3, 0.4) is 0 Å². The van der Waals surface area contributed by atoms with Crippen molar-refractivity contribution in [2.45, 2.75) is 6.92 Å². The van der Waals surface area contributed by atoms with E-state index in [2.05, 4.69) is 5.32 Å². The lowest BCUT2D eigenvalue weighted by Gasteiger charge is -2.07. The summed E-state index contributed by atoms with van der Waals surface area (Å²) in [6.07, 6.45) is 1.82. The van der Waals surface area contributed by atoms with Gasteiger partial charge in [0, 0.05) is 12.1 Å². The average Bonchev–Trinajstić information content (AvgIpc) is 2.21. The van der Waals surface area contributed by atoms with Gasteiger partial charge in [-0.2, -0.15) is 11.8 Å². The maximum Gasteiger partial charge on any atom is 0.271 e. The number of amides is 1. The van der Waals surface area contributed by atoms with Gasteiger partial charge in [-0.15, -0.1) is 0 Å². The van der Waals surface area contributed by atoms with Crippen LogP contribution in [0.1, 0.15) is 5.56 Å². The van der Waals surface area contributed by atoms with Gasteiger partial charge in [0.15, 0.2) is 0 Å². The quantitative estimate of drug-likeness (QED) is 0.647. The molecule has 0 unspecified atom stereocenters. The Morgan fingerprint density at radius 2 is 2.25 bits per heavy atom. The number of nitrogens with zero attached hydrogens (tertiary/aromatic N) is 1. The van der Waals surface area contributed by atoms with E-state index in [9.17, 15) is 14.9 Å². The number of nitro groups is 1. The summed E-state index contributed by atoms with van der Waals surface area (Å²) in [6.45, 7) is 1.79. The summed E-state index contributed by atoms with van der Waals surface area (Å²) < 4.78 is 0. The molecule has 0 aliphatic rings. The standard InChI is InChI=1S/C10H12N2O3S/c1-7-3-4-8(12(14)15)5-9(7)11-10(13)6-16-2/h3-5H,6H2,1-2H3,(H,11,13). The third kappa shape index (κ3) is 3.23. The van der Waals surface area contributed by atoms with Gasteiger partial charge >= 0.3 is 0 Å². The molecule has 5 nitrogen and oxygen atoms in total. The Morgan fingerprint density at radius 3 is 2.81 bits per heavy atom. The second kappa shape index (κ2) is 5.50. The number of hydrogen-bond donors (Lipinski definition) is 1. The summed E-state index contributed by atoms with van der Waals surface area (Å²) in [6, 6.07) is 4.40. The Labute approximate surface area is 97.4 Å². The first-order valence-corrected chi connectivity index (χ1v) is 5.98. The third-order valence-corrected chi connectivity index (χ3v) is 2.53. The molecule has 1 rings (SSSR count). The van der Waals surface area contributed by atoms with Crippen LogP contribution in [-0.2, 0) is 4.79 Å².